The van der Waals surface area contributed by atoms with Crippen LogP contribution in [-0.2, 0) is 4.74 Å². The molecule has 3 aliphatic rings. The highest BCUT2D eigenvalue weighted by atomic mass is 16.5. The third-order valence-corrected chi connectivity index (χ3v) is 5.74. The molecule has 1 N–H and O–H groups in total. The zero-order valence-corrected chi connectivity index (χ0v) is 15.4. The van der Waals surface area contributed by atoms with Gasteiger partial charge in [-0.2, -0.15) is 0 Å². The van der Waals surface area contributed by atoms with E-state index in [9.17, 15) is 4.79 Å². The Morgan fingerprint density at radius 2 is 1.96 bits per heavy atom. The second-order valence-corrected chi connectivity index (χ2v) is 7.70. The summed E-state index contributed by atoms with van der Waals surface area (Å²) in [6.45, 7) is 11.7. The second kappa shape index (κ2) is 8.50. The summed E-state index contributed by atoms with van der Waals surface area (Å²) in [6.07, 6.45) is 4.75. The fraction of sp³-hybridized carbons (Fsp3) is 0.944. The second-order valence-electron chi connectivity index (χ2n) is 7.70. The number of amides is 2. The molecule has 3 rings (SSSR count). The van der Waals surface area contributed by atoms with Gasteiger partial charge in [0, 0.05) is 64.0 Å². The molecule has 0 aromatic carbocycles. The predicted octanol–water partition coefficient (Wildman–Crippen LogP) is 1.37. The summed E-state index contributed by atoms with van der Waals surface area (Å²) in [7, 11) is 0. The molecule has 6 heteroatoms. The molecule has 3 aliphatic heterocycles. The number of ether oxygens (including phenoxy) is 1. The molecule has 0 aromatic heterocycles. The lowest BCUT2D eigenvalue weighted by Crippen LogP contribution is -2.48. The molecular weight excluding hydrogens is 304 g/mol. The van der Waals surface area contributed by atoms with Crippen LogP contribution in [0.4, 0.5) is 4.79 Å². The lowest BCUT2D eigenvalue weighted by Gasteiger charge is -2.32. The van der Waals surface area contributed by atoms with Gasteiger partial charge < -0.3 is 15.0 Å². The van der Waals surface area contributed by atoms with Crippen molar-refractivity contribution in [3.8, 4) is 0 Å². The van der Waals surface area contributed by atoms with E-state index in [1.165, 1.54) is 12.8 Å². The molecule has 3 saturated heterocycles. The highest BCUT2D eigenvalue weighted by Crippen LogP contribution is 2.31. The highest BCUT2D eigenvalue weighted by Gasteiger charge is 2.39. The number of urea groups is 1. The van der Waals surface area contributed by atoms with Crippen molar-refractivity contribution in [2.45, 2.75) is 57.7 Å². The number of nitrogens with one attached hydrogen (secondary N) is 1. The lowest BCUT2D eigenvalue weighted by atomic mass is 10.1. The molecule has 2 bridgehead atoms. The van der Waals surface area contributed by atoms with Gasteiger partial charge in [0.1, 0.15) is 0 Å². The molecule has 3 fully saturated rings. The van der Waals surface area contributed by atoms with Crippen LogP contribution in [0.1, 0.15) is 39.5 Å². The number of rotatable bonds is 4. The number of hydrogen-bond donors (Lipinski definition) is 1. The zero-order chi connectivity index (χ0) is 16.9. The Morgan fingerprint density at radius 3 is 2.79 bits per heavy atom. The summed E-state index contributed by atoms with van der Waals surface area (Å²) in [5.74, 6) is 0. The highest BCUT2D eigenvalue weighted by molar-refractivity contribution is 5.74. The summed E-state index contributed by atoms with van der Waals surface area (Å²) >= 11 is 0. The fourth-order valence-electron chi connectivity index (χ4n) is 4.59. The van der Waals surface area contributed by atoms with Crippen LogP contribution in [0.2, 0.25) is 0 Å². The average molecular weight is 338 g/mol. The Hall–Kier alpha value is -0.850. The minimum absolute atomic E-state index is 0.123. The van der Waals surface area contributed by atoms with Crippen molar-refractivity contribution in [3.63, 3.8) is 0 Å². The number of carbonyl (C=O) groups is 1. The number of fused-ring (bicyclic) bond motifs is 2. The molecule has 0 saturated carbocycles. The molecule has 0 spiro atoms. The summed E-state index contributed by atoms with van der Waals surface area (Å²) < 4.78 is 5.48. The molecule has 24 heavy (non-hydrogen) atoms. The molecule has 2 atom stereocenters. The molecule has 138 valence electrons. The summed E-state index contributed by atoms with van der Waals surface area (Å²) in [4.78, 5) is 19.6. The quantitative estimate of drug-likeness (QED) is 0.841. The summed E-state index contributed by atoms with van der Waals surface area (Å²) in [6, 6.07) is 1.92. The number of likely N-dealkylation sites (tertiary alicyclic amines) is 1. The van der Waals surface area contributed by atoms with Gasteiger partial charge in [0.15, 0.2) is 0 Å². The van der Waals surface area contributed by atoms with Crippen LogP contribution in [0.5, 0.6) is 0 Å². The minimum atomic E-state index is 0.123. The van der Waals surface area contributed by atoms with Crippen molar-refractivity contribution in [3.05, 3.63) is 0 Å². The molecule has 6 nitrogen and oxygen atoms in total. The molecule has 0 radical (unpaired) electrons. The predicted molar refractivity (Wildman–Crippen MR) is 95.2 cm³/mol. The van der Waals surface area contributed by atoms with E-state index in [4.69, 9.17) is 4.74 Å². The van der Waals surface area contributed by atoms with E-state index in [1.54, 1.807) is 0 Å². The van der Waals surface area contributed by atoms with Crippen molar-refractivity contribution in [2.75, 3.05) is 52.5 Å². The first-order valence-corrected chi connectivity index (χ1v) is 9.75. The maximum Gasteiger partial charge on any atom is 0.317 e. The van der Waals surface area contributed by atoms with Crippen LogP contribution in [0, 0.1) is 0 Å². The van der Waals surface area contributed by atoms with Gasteiger partial charge >= 0.3 is 6.03 Å². The van der Waals surface area contributed by atoms with Crippen LogP contribution < -0.4 is 5.32 Å². The first-order chi connectivity index (χ1) is 11.6. The van der Waals surface area contributed by atoms with E-state index in [1.807, 2.05) is 4.90 Å². The van der Waals surface area contributed by atoms with Crippen molar-refractivity contribution >= 4 is 6.03 Å². The van der Waals surface area contributed by atoms with Gasteiger partial charge in [-0.3, -0.25) is 9.80 Å². The number of hydrogen-bond acceptors (Lipinski definition) is 4. The summed E-state index contributed by atoms with van der Waals surface area (Å²) in [5, 5.41) is 3.14. The summed E-state index contributed by atoms with van der Waals surface area (Å²) in [5.41, 5.74) is 0. The van der Waals surface area contributed by atoms with E-state index in [0.717, 1.165) is 65.3 Å². The maximum atomic E-state index is 12.6. The topological polar surface area (TPSA) is 48.0 Å². The molecule has 0 aliphatic carbocycles. The van der Waals surface area contributed by atoms with Gasteiger partial charge in [0.25, 0.3) is 0 Å². The standard InChI is InChI=1S/C18H34N4O2/c1-15(2)22-16-4-5-17(22)14-21(9-6-16)18(23)19-7-10-20-8-3-12-24-13-11-20/h15-17H,3-14H2,1-2H3,(H,19,23)/t16-,17-/m0/s1. The Bertz CT molecular complexity index is 410. The monoisotopic (exact) mass is 338 g/mol. The van der Waals surface area contributed by atoms with Gasteiger partial charge in [0.2, 0.25) is 0 Å². The molecule has 0 unspecified atom stereocenters. The lowest BCUT2D eigenvalue weighted by molar-refractivity contribution is 0.140. The van der Waals surface area contributed by atoms with Gasteiger partial charge in [-0.25, -0.2) is 4.79 Å². The SMILES string of the molecule is CC(C)N1[C@H]2CC[C@H]1CN(C(=O)NCCN1CCCOCC1)CC2. The number of carbonyl (C=O) groups excluding carboxylic acids is 1. The minimum Gasteiger partial charge on any atom is -0.380 e. The van der Waals surface area contributed by atoms with Gasteiger partial charge in [-0.1, -0.05) is 0 Å². The Balaban J connectivity index is 1.44. The number of nitrogens with zero attached hydrogens (tertiary/aromatic N) is 3. The smallest absolute Gasteiger partial charge is 0.317 e. The average Bonchev–Trinajstić information content (AvgIpc) is 2.71. The largest absolute Gasteiger partial charge is 0.380 e. The van der Waals surface area contributed by atoms with Crippen molar-refractivity contribution in [1.82, 2.24) is 20.0 Å². The molecular formula is C18H34N4O2. The molecule has 0 aromatic rings. The first-order valence-electron chi connectivity index (χ1n) is 9.75. The van der Waals surface area contributed by atoms with Crippen LogP contribution in [0.15, 0.2) is 0 Å². The van der Waals surface area contributed by atoms with Gasteiger partial charge in [0.05, 0.1) is 6.61 Å². The van der Waals surface area contributed by atoms with Crippen LogP contribution in [0.3, 0.4) is 0 Å². The van der Waals surface area contributed by atoms with E-state index in [2.05, 4.69) is 29.0 Å². The van der Waals surface area contributed by atoms with Gasteiger partial charge in [-0.15, -0.1) is 0 Å². The van der Waals surface area contributed by atoms with Crippen molar-refractivity contribution < 1.29 is 9.53 Å². The maximum absolute atomic E-state index is 12.6. The van der Waals surface area contributed by atoms with E-state index < -0.39 is 0 Å². The van der Waals surface area contributed by atoms with Crippen molar-refractivity contribution in [1.29, 1.82) is 0 Å². The van der Waals surface area contributed by atoms with E-state index >= 15 is 0 Å². The van der Waals surface area contributed by atoms with Crippen molar-refractivity contribution in [2.24, 2.45) is 0 Å². The fourth-order valence-corrected chi connectivity index (χ4v) is 4.59. The van der Waals surface area contributed by atoms with E-state index in [0.29, 0.717) is 18.1 Å². The van der Waals surface area contributed by atoms with Gasteiger partial charge in [-0.05, 0) is 39.5 Å². The van der Waals surface area contributed by atoms with E-state index in [-0.39, 0.29) is 6.03 Å². The normalized spacial score (nSPS) is 29.5. The van der Waals surface area contributed by atoms with Crippen LogP contribution >= 0.6 is 0 Å². The third kappa shape index (κ3) is 4.41. The molecule has 3 heterocycles. The van der Waals surface area contributed by atoms with Crippen LogP contribution in [0.25, 0.3) is 0 Å². The zero-order valence-electron chi connectivity index (χ0n) is 15.4. The first kappa shape index (κ1) is 18.0. The Kier molecular flexibility index (Phi) is 6.36. The Labute approximate surface area is 146 Å². The third-order valence-electron chi connectivity index (χ3n) is 5.74. The van der Waals surface area contributed by atoms with Crippen LogP contribution in [-0.4, -0.2) is 91.3 Å². The molecule has 2 amide bonds. The Morgan fingerprint density at radius 1 is 1.12 bits per heavy atom.